The van der Waals surface area contributed by atoms with E-state index in [1.807, 2.05) is 19.1 Å². The zero-order chi connectivity index (χ0) is 20.4. The van der Waals surface area contributed by atoms with E-state index in [4.69, 9.17) is 9.47 Å². The molecule has 0 saturated carbocycles. The molecule has 148 valence electrons. The third-order valence-corrected chi connectivity index (χ3v) is 4.85. The molecule has 0 atom stereocenters. The van der Waals surface area contributed by atoms with Gasteiger partial charge in [-0.1, -0.05) is 18.2 Å². The van der Waals surface area contributed by atoms with Crippen molar-refractivity contribution in [2.24, 2.45) is 0 Å². The van der Waals surface area contributed by atoms with Crippen molar-refractivity contribution in [2.75, 3.05) is 31.0 Å². The molecular formula is C22H22N4O3. The van der Waals surface area contributed by atoms with Crippen LogP contribution in [0.1, 0.15) is 21.7 Å². The molecule has 1 aromatic heterocycles. The van der Waals surface area contributed by atoms with Crippen molar-refractivity contribution < 1.29 is 14.3 Å². The molecule has 0 saturated heterocycles. The molecule has 1 aliphatic rings. The summed E-state index contributed by atoms with van der Waals surface area (Å²) in [5.74, 6) is 1.36. The summed E-state index contributed by atoms with van der Waals surface area (Å²) in [5, 5.41) is 2.87. The summed E-state index contributed by atoms with van der Waals surface area (Å²) in [7, 11) is 3.12. The Balaban J connectivity index is 1.60. The molecule has 2 aromatic carbocycles. The van der Waals surface area contributed by atoms with Crippen molar-refractivity contribution in [1.82, 2.24) is 9.97 Å². The monoisotopic (exact) mass is 390 g/mol. The van der Waals surface area contributed by atoms with E-state index in [1.165, 1.54) is 5.56 Å². The zero-order valence-corrected chi connectivity index (χ0v) is 16.6. The number of rotatable bonds is 5. The third kappa shape index (κ3) is 3.71. The molecule has 4 rings (SSSR count). The summed E-state index contributed by atoms with van der Waals surface area (Å²) in [6.45, 7) is 2.65. The van der Waals surface area contributed by atoms with Crippen LogP contribution in [0.3, 0.4) is 0 Å². The Hall–Kier alpha value is -3.61. The Kier molecular flexibility index (Phi) is 5.03. The van der Waals surface area contributed by atoms with Gasteiger partial charge in [-0.15, -0.1) is 0 Å². The molecular weight excluding hydrogens is 368 g/mol. The van der Waals surface area contributed by atoms with Crippen molar-refractivity contribution in [2.45, 2.75) is 13.3 Å². The first-order chi connectivity index (χ1) is 14.1. The molecule has 3 aromatic rings. The standard InChI is InChI=1S/C22H22N4O3/c1-14-12-17(21(27)24-16-8-9-19(28-2)20(13-16)29-3)25-22(23-14)26-11-10-15-6-4-5-7-18(15)26/h4-9,12-13H,10-11H2,1-3H3,(H,24,27). The first-order valence-electron chi connectivity index (χ1n) is 9.33. The van der Waals surface area contributed by atoms with Crippen LogP contribution in [0.2, 0.25) is 0 Å². The van der Waals surface area contributed by atoms with E-state index in [0.29, 0.717) is 28.8 Å². The van der Waals surface area contributed by atoms with Crippen LogP contribution in [-0.2, 0) is 6.42 Å². The van der Waals surface area contributed by atoms with Crippen LogP contribution in [-0.4, -0.2) is 36.6 Å². The number of benzene rings is 2. The summed E-state index contributed by atoms with van der Waals surface area (Å²) in [6.07, 6.45) is 0.931. The van der Waals surface area contributed by atoms with Crippen LogP contribution >= 0.6 is 0 Å². The lowest BCUT2D eigenvalue weighted by atomic mass is 10.2. The minimum atomic E-state index is -0.309. The number of carbonyl (C=O) groups excluding carboxylic acids is 1. The topological polar surface area (TPSA) is 76.6 Å². The Labute approximate surface area is 169 Å². The van der Waals surface area contributed by atoms with Crippen LogP contribution in [0.25, 0.3) is 0 Å². The van der Waals surface area contributed by atoms with Crippen molar-refractivity contribution in [1.29, 1.82) is 0 Å². The Morgan fingerprint density at radius 3 is 2.62 bits per heavy atom. The van der Waals surface area contributed by atoms with Crippen molar-refractivity contribution in [3.63, 3.8) is 0 Å². The second kappa shape index (κ2) is 7.79. The molecule has 29 heavy (non-hydrogen) atoms. The van der Waals surface area contributed by atoms with Gasteiger partial charge in [0.2, 0.25) is 5.95 Å². The van der Waals surface area contributed by atoms with Crippen LogP contribution in [0.4, 0.5) is 17.3 Å². The number of para-hydroxylation sites is 1. The van der Waals surface area contributed by atoms with Gasteiger partial charge < -0.3 is 19.7 Å². The van der Waals surface area contributed by atoms with E-state index >= 15 is 0 Å². The zero-order valence-electron chi connectivity index (χ0n) is 16.6. The molecule has 0 spiro atoms. The number of fused-ring (bicyclic) bond motifs is 1. The van der Waals surface area contributed by atoms with E-state index in [9.17, 15) is 4.79 Å². The van der Waals surface area contributed by atoms with Crippen molar-refractivity contribution in [3.8, 4) is 11.5 Å². The summed E-state index contributed by atoms with van der Waals surface area (Å²) in [4.78, 5) is 24.0. The molecule has 0 bridgehead atoms. The lowest BCUT2D eigenvalue weighted by Crippen LogP contribution is -2.20. The van der Waals surface area contributed by atoms with Gasteiger partial charge in [0.1, 0.15) is 5.69 Å². The van der Waals surface area contributed by atoms with E-state index in [0.717, 1.165) is 24.3 Å². The molecule has 0 radical (unpaired) electrons. The van der Waals surface area contributed by atoms with Gasteiger partial charge in [0.05, 0.1) is 14.2 Å². The summed E-state index contributed by atoms with van der Waals surface area (Å²) >= 11 is 0. The molecule has 0 fully saturated rings. The fourth-order valence-electron chi connectivity index (χ4n) is 3.45. The number of ether oxygens (including phenoxy) is 2. The molecule has 1 N–H and O–H groups in total. The highest BCUT2D eigenvalue weighted by Crippen LogP contribution is 2.33. The minimum Gasteiger partial charge on any atom is -0.493 e. The van der Waals surface area contributed by atoms with Crippen LogP contribution < -0.4 is 19.7 Å². The molecule has 2 heterocycles. The maximum Gasteiger partial charge on any atom is 0.274 e. The van der Waals surface area contributed by atoms with Crippen LogP contribution in [0.5, 0.6) is 11.5 Å². The number of aryl methyl sites for hydroxylation is 1. The average molecular weight is 390 g/mol. The number of aromatic nitrogens is 2. The SMILES string of the molecule is COc1ccc(NC(=O)c2cc(C)nc(N3CCc4ccccc43)n2)cc1OC. The maximum atomic E-state index is 12.8. The molecule has 7 nitrogen and oxygen atoms in total. The number of nitrogens with zero attached hydrogens (tertiary/aromatic N) is 3. The van der Waals surface area contributed by atoms with Gasteiger partial charge in [-0.3, -0.25) is 4.79 Å². The summed E-state index contributed by atoms with van der Waals surface area (Å²) in [5.41, 5.74) is 3.98. The quantitative estimate of drug-likeness (QED) is 0.715. The smallest absolute Gasteiger partial charge is 0.274 e. The van der Waals surface area contributed by atoms with Gasteiger partial charge in [0, 0.05) is 29.7 Å². The third-order valence-electron chi connectivity index (χ3n) is 4.85. The maximum absolute atomic E-state index is 12.8. The molecule has 1 amide bonds. The first-order valence-corrected chi connectivity index (χ1v) is 9.33. The molecule has 0 unspecified atom stereocenters. The average Bonchev–Trinajstić information content (AvgIpc) is 3.17. The van der Waals surface area contributed by atoms with Gasteiger partial charge in [-0.25, -0.2) is 9.97 Å². The van der Waals surface area contributed by atoms with E-state index in [2.05, 4.69) is 32.3 Å². The van der Waals surface area contributed by atoms with E-state index < -0.39 is 0 Å². The molecule has 7 heteroatoms. The molecule has 0 aliphatic carbocycles. The Morgan fingerprint density at radius 1 is 1.03 bits per heavy atom. The minimum absolute atomic E-state index is 0.309. The number of anilines is 3. The number of methoxy groups -OCH3 is 2. The fourth-order valence-corrected chi connectivity index (χ4v) is 3.45. The van der Waals surface area contributed by atoms with Gasteiger partial charge in [-0.05, 0) is 43.2 Å². The van der Waals surface area contributed by atoms with Crippen molar-refractivity contribution >= 4 is 23.2 Å². The highest BCUT2D eigenvalue weighted by Gasteiger charge is 2.23. The van der Waals surface area contributed by atoms with Gasteiger partial charge in [-0.2, -0.15) is 0 Å². The normalized spacial score (nSPS) is 12.4. The van der Waals surface area contributed by atoms with E-state index in [1.54, 1.807) is 38.5 Å². The Bertz CT molecular complexity index is 1070. The van der Waals surface area contributed by atoms with Crippen LogP contribution in [0, 0.1) is 6.92 Å². The number of hydrogen-bond acceptors (Lipinski definition) is 6. The number of nitrogens with one attached hydrogen (secondary N) is 1. The fraction of sp³-hybridized carbons (Fsp3) is 0.227. The molecule has 1 aliphatic heterocycles. The number of carbonyl (C=O) groups is 1. The first kappa shape index (κ1) is 18.7. The predicted octanol–water partition coefficient (Wildman–Crippen LogP) is 3.75. The predicted molar refractivity (Wildman–Crippen MR) is 111 cm³/mol. The van der Waals surface area contributed by atoms with E-state index in [-0.39, 0.29) is 5.91 Å². The number of hydrogen-bond donors (Lipinski definition) is 1. The van der Waals surface area contributed by atoms with Crippen molar-refractivity contribution in [3.05, 3.63) is 65.5 Å². The Morgan fingerprint density at radius 2 is 1.83 bits per heavy atom. The largest absolute Gasteiger partial charge is 0.493 e. The highest BCUT2D eigenvalue weighted by molar-refractivity contribution is 6.03. The van der Waals surface area contributed by atoms with Crippen LogP contribution in [0.15, 0.2) is 48.5 Å². The lowest BCUT2D eigenvalue weighted by molar-refractivity contribution is 0.102. The van der Waals surface area contributed by atoms with Gasteiger partial charge in [0.15, 0.2) is 11.5 Å². The summed E-state index contributed by atoms with van der Waals surface area (Å²) in [6, 6.07) is 15.1. The van der Waals surface area contributed by atoms with Gasteiger partial charge >= 0.3 is 0 Å². The summed E-state index contributed by atoms with van der Waals surface area (Å²) < 4.78 is 10.5. The lowest BCUT2D eigenvalue weighted by Gasteiger charge is -2.18. The van der Waals surface area contributed by atoms with Gasteiger partial charge in [0.25, 0.3) is 5.91 Å². The number of amides is 1. The highest BCUT2D eigenvalue weighted by atomic mass is 16.5. The second-order valence-corrected chi connectivity index (χ2v) is 6.75. The second-order valence-electron chi connectivity index (χ2n) is 6.75.